The van der Waals surface area contributed by atoms with Crippen molar-refractivity contribution in [1.29, 1.82) is 0 Å². The van der Waals surface area contributed by atoms with Crippen LogP contribution in [0.1, 0.15) is 47.4 Å². The van der Waals surface area contributed by atoms with E-state index < -0.39 is 6.04 Å². The summed E-state index contributed by atoms with van der Waals surface area (Å²) in [4.78, 5) is 59.1. The predicted octanol–water partition coefficient (Wildman–Crippen LogP) is 5.38. The lowest BCUT2D eigenvalue weighted by Crippen LogP contribution is -2.45. The number of benzene rings is 4. The lowest BCUT2D eigenvalue weighted by molar-refractivity contribution is -0.130. The molecule has 0 spiro atoms. The fraction of sp³-hybridized carbons (Fsp3) is 0.319. The van der Waals surface area contributed by atoms with Gasteiger partial charge in [-0.2, -0.15) is 0 Å². The zero-order chi connectivity index (χ0) is 44.4. The van der Waals surface area contributed by atoms with Crippen molar-refractivity contribution < 1.29 is 28.7 Å². The zero-order valence-electron chi connectivity index (χ0n) is 36.0. The van der Waals surface area contributed by atoms with Crippen LogP contribution in [0.25, 0.3) is 22.4 Å². The molecule has 61 heavy (non-hydrogen) atoms. The van der Waals surface area contributed by atoms with E-state index in [9.17, 15) is 14.4 Å². The third kappa shape index (κ3) is 15.9. The minimum atomic E-state index is -0.524. The molecule has 0 aliphatic carbocycles. The van der Waals surface area contributed by atoms with Crippen LogP contribution in [0.15, 0.2) is 120 Å². The molecule has 3 heterocycles. The molecule has 1 saturated heterocycles. The van der Waals surface area contributed by atoms with Crippen molar-refractivity contribution in [2.45, 2.75) is 43.9 Å². The first-order valence-corrected chi connectivity index (χ1v) is 19.9. The summed E-state index contributed by atoms with van der Waals surface area (Å²) in [5.41, 5.74) is 11.7. The third-order valence-electron chi connectivity index (χ3n) is 9.33. The normalized spacial score (nSPS) is 15.3. The molecule has 3 atom stereocenters. The zero-order valence-corrected chi connectivity index (χ0v) is 36.0. The Morgan fingerprint density at radius 3 is 1.98 bits per heavy atom. The van der Waals surface area contributed by atoms with E-state index in [2.05, 4.69) is 89.2 Å². The van der Waals surface area contributed by atoms with Crippen molar-refractivity contribution in [2.75, 3.05) is 55.6 Å². The smallest absolute Gasteiger partial charge is 0.227 e. The van der Waals surface area contributed by atoms with E-state index in [1.165, 1.54) is 16.7 Å². The second-order valence-corrected chi connectivity index (χ2v) is 14.3. The first-order chi connectivity index (χ1) is 29.7. The van der Waals surface area contributed by atoms with Gasteiger partial charge in [-0.3, -0.25) is 19.4 Å². The van der Waals surface area contributed by atoms with Crippen molar-refractivity contribution >= 4 is 30.8 Å². The fourth-order valence-corrected chi connectivity index (χ4v) is 6.66. The molecular formula is C47H60N8O6. The van der Waals surface area contributed by atoms with Gasteiger partial charge in [-0.25, -0.2) is 4.98 Å². The number of nitrogens with one attached hydrogen (secondary N) is 3. The van der Waals surface area contributed by atoms with Gasteiger partial charge in [-0.15, -0.1) is 0 Å². The number of aromatic nitrogens is 2. The third-order valence-corrected chi connectivity index (χ3v) is 9.33. The second-order valence-electron chi connectivity index (χ2n) is 14.3. The molecular weight excluding hydrogens is 773 g/mol. The summed E-state index contributed by atoms with van der Waals surface area (Å²) < 4.78 is 8.50. The lowest BCUT2D eigenvalue weighted by Gasteiger charge is -2.26. The van der Waals surface area contributed by atoms with E-state index in [4.69, 9.17) is 9.79 Å². The van der Waals surface area contributed by atoms with Crippen LogP contribution in [0.2, 0.25) is 0 Å². The van der Waals surface area contributed by atoms with Crippen LogP contribution >= 0.6 is 0 Å². The molecule has 0 saturated carbocycles. The maximum absolute atomic E-state index is 13.1. The van der Waals surface area contributed by atoms with E-state index in [0.717, 1.165) is 60.0 Å². The van der Waals surface area contributed by atoms with Gasteiger partial charge in [0.15, 0.2) is 0 Å². The van der Waals surface area contributed by atoms with E-state index >= 15 is 0 Å². The number of hydrogen-bond acceptors (Lipinski definition) is 10. The van der Waals surface area contributed by atoms with E-state index in [0.29, 0.717) is 25.7 Å². The van der Waals surface area contributed by atoms with Gasteiger partial charge in [-0.1, -0.05) is 109 Å². The van der Waals surface area contributed by atoms with Gasteiger partial charge in [0, 0.05) is 35.0 Å². The Bertz CT molecular complexity index is 2040. The maximum Gasteiger partial charge on any atom is 0.227 e. The molecule has 4 aromatic carbocycles. The highest BCUT2D eigenvalue weighted by Gasteiger charge is 2.35. The predicted molar refractivity (Wildman–Crippen MR) is 240 cm³/mol. The first kappa shape index (κ1) is 48.9. The number of hydrogen-bond donors (Lipinski definition) is 4. The van der Waals surface area contributed by atoms with Crippen molar-refractivity contribution in [3.8, 4) is 22.4 Å². The summed E-state index contributed by atoms with van der Waals surface area (Å²) in [5.74, 6) is 2.10. The number of nitrogens with two attached hydrogens (primary N) is 1. The van der Waals surface area contributed by atoms with Gasteiger partial charge < -0.3 is 45.4 Å². The highest BCUT2D eigenvalue weighted by atomic mass is 16.5. The van der Waals surface area contributed by atoms with Gasteiger partial charge in [0.2, 0.25) is 18.7 Å². The number of likely N-dealkylation sites (tertiary alicyclic amines) is 1. The molecule has 0 bridgehead atoms. The lowest BCUT2D eigenvalue weighted by atomic mass is 9.99. The minimum absolute atomic E-state index is 0.0489. The van der Waals surface area contributed by atoms with E-state index in [-0.39, 0.29) is 24.4 Å². The Morgan fingerprint density at radius 1 is 0.869 bits per heavy atom. The van der Waals surface area contributed by atoms with Crippen LogP contribution in [0.3, 0.4) is 0 Å². The van der Waals surface area contributed by atoms with Crippen molar-refractivity contribution in [3.05, 3.63) is 138 Å². The van der Waals surface area contributed by atoms with Crippen molar-refractivity contribution in [3.63, 3.8) is 0 Å². The molecule has 7 rings (SSSR count). The summed E-state index contributed by atoms with van der Waals surface area (Å²) in [6.45, 7) is 2.28. The number of aldehydes is 1. The Balaban J connectivity index is 0.000000392. The number of methoxy groups -OCH3 is 2. The van der Waals surface area contributed by atoms with Gasteiger partial charge >= 0.3 is 0 Å². The summed E-state index contributed by atoms with van der Waals surface area (Å²) in [7, 11) is 10.6. The van der Waals surface area contributed by atoms with Gasteiger partial charge in [0.25, 0.3) is 0 Å². The Morgan fingerprint density at radius 2 is 1.43 bits per heavy atom. The molecule has 3 amide bonds. The molecule has 2 aliphatic rings. The van der Waals surface area contributed by atoms with Crippen LogP contribution in [-0.4, -0.2) is 112 Å². The average molecular weight is 833 g/mol. The Labute approximate surface area is 359 Å². The van der Waals surface area contributed by atoms with Crippen LogP contribution in [0, 0.1) is 0 Å². The molecule has 5 aromatic rings. The summed E-state index contributed by atoms with van der Waals surface area (Å²) >= 11 is 0. The number of primary amides is 1. The summed E-state index contributed by atoms with van der Waals surface area (Å²) in [6, 6.07) is 36.1. The fourth-order valence-electron chi connectivity index (χ4n) is 6.66. The number of amides is 3. The molecule has 5 N–H and O–H groups in total. The average Bonchev–Trinajstić information content (AvgIpc) is 4.07. The van der Waals surface area contributed by atoms with Crippen molar-refractivity contribution in [1.82, 2.24) is 30.4 Å². The number of nitrogens with zero attached hydrogens (tertiary/aromatic N) is 4. The Kier molecular flexibility index (Phi) is 21.9. The SMILES string of the molecule is CN(C)Cc1ncc(-c2ccc(-c3ccc(C4CN=C(C5CCCN5C(=O)Cc5ccccc5)N4)cc3)cc2)[nH]1.COC.COC.NC=O.O=CNC(C=O)c1ccccc1. The van der Waals surface area contributed by atoms with Crippen LogP contribution in [0.4, 0.5) is 0 Å². The van der Waals surface area contributed by atoms with Gasteiger partial charge in [-0.05, 0) is 60.3 Å². The second kappa shape index (κ2) is 27.3. The molecule has 0 radical (unpaired) electrons. The number of H-pyrrole nitrogens is 1. The monoisotopic (exact) mass is 832 g/mol. The first-order valence-electron chi connectivity index (χ1n) is 19.9. The standard InChI is InChI=1S/C33H36N6O.C9H9NO2.2C2H6O.CH3NO/c1-38(2)22-31-34-20-28(36-31)26-14-10-24(11-15-26)25-12-16-27(17-13-25)29-21-35-33(37-29)30-9-6-18-39(30)32(40)19-23-7-4-3-5-8-23;11-6-9(10-7-12)8-4-2-1-3-5-8;2*1-3-2;2-1-3/h3-5,7-8,10-17,20,29-30H,6,9,18-19,21-22H2,1-2H3,(H,34,36)(H,35,37);1-7,9H,(H,10,12);2*1-2H3;1H,(H2,2,3). The molecule has 324 valence electrons. The van der Waals surface area contributed by atoms with Crippen LogP contribution < -0.4 is 16.4 Å². The minimum Gasteiger partial charge on any atom is -0.388 e. The molecule has 14 nitrogen and oxygen atoms in total. The number of carbonyl (C=O) groups is 4. The van der Waals surface area contributed by atoms with Crippen molar-refractivity contribution in [2.24, 2.45) is 10.7 Å². The molecule has 1 fully saturated rings. The molecule has 14 heteroatoms. The number of aliphatic imine (C=N–C) groups is 1. The highest BCUT2D eigenvalue weighted by Crippen LogP contribution is 2.28. The summed E-state index contributed by atoms with van der Waals surface area (Å²) in [5, 5.41) is 6.04. The highest BCUT2D eigenvalue weighted by molar-refractivity contribution is 5.93. The maximum atomic E-state index is 13.1. The van der Waals surface area contributed by atoms with Gasteiger partial charge in [0.1, 0.15) is 24.0 Å². The topological polar surface area (TPSA) is 184 Å². The van der Waals surface area contributed by atoms with Gasteiger partial charge in [0.05, 0.1) is 43.5 Å². The number of aromatic amines is 1. The number of carbonyl (C=O) groups excluding carboxylic acids is 4. The molecule has 2 aliphatic heterocycles. The Hall–Kier alpha value is -6.48. The quantitative estimate of drug-likeness (QED) is 0.120. The number of amidine groups is 1. The number of ether oxygens (including phenoxy) is 2. The number of rotatable bonds is 12. The molecule has 1 aromatic heterocycles. The van der Waals surface area contributed by atoms with Crippen LogP contribution in [0.5, 0.6) is 0 Å². The molecule has 3 unspecified atom stereocenters. The van der Waals surface area contributed by atoms with E-state index in [1.807, 2.05) is 73.7 Å². The van der Waals surface area contributed by atoms with Crippen LogP contribution in [-0.2, 0) is 41.6 Å². The summed E-state index contributed by atoms with van der Waals surface area (Å²) in [6.07, 6.45) is 5.79. The van der Waals surface area contributed by atoms with E-state index in [1.54, 1.807) is 40.6 Å². The largest absolute Gasteiger partial charge is 0.388 e. The number of imidazole rings is 1.